The number of aromatic nitrogens is 2. The standard InChI is InChI=1S/C13H23N3O/c1-3-8-16-13(11(17-2)9-15-16)12(14)10-6-4-5-7-10/h9-10,12H,3-8,14H2,1-2H3. The van der Waals surface area contributed by atoms with Crippen molar-refractivity contribution < 1.29 is 4.74 Å². The summed E-state index contributed by atoms with van der Waals surface area (Å²) in [7, 11) is 1.69. The normalized spacial score (nSPS) is 18.5. The van der Waals surface area contributed by atoms with Gasteiger partial charge in [0.2, 0.25) is 0 Å². The zero-order valence-corrected chi connectivity index (χ0v) is 10.9. The summed E-state index contributed by atoms with van der Waals surface area (Å²) in [6.45, 7) is 3.07. The van der Waals surface area contributed by atoms with Gasteiger partial charge in [0.15, 0.2) is 5.75 Å². The largest absolute Gasteiger partial charge is 0.493 e. The minimum absolute atomic E-state index is 0.0708. The maximum Gasteiger partial charge on any atom is 0.161 e. The second-order valence-corrected chi connectivity index (χ2v) is 4.89. The van der Waals surface area contributed by atoms with E-state index in [0.717, 1.165) is 24.4 Å². The molecule has 4 nitrogen and oxygen atoms in total. The minimum atomic E-state index is 0.0708. The van der Waals surface area contributed by atoms with Crippen LogP contribution in [0.2, 0.25) is 0 Å². The molecule has 0 radical (unpaired) electrons. The van der Waals surface area contributed by atoms with Gasteiger partial charge < -0.3 is 10.5 Å². The van der Waals surface area contributed by atoms with E-state index in [1.165, 1.54) is 25.7 Å². The number of rotatable bonds is 5. The molecule has 4 heteroatoms. The Bertz CT molecular complexity index is 356. The van der Waals surface area contributed by atoms with Gasteiger partial charge in [0.05, 0.1) is 25.0 Å². The fraction of sp³-hybridized carbons (Fsp3) is 0.769. The number of ether oxygens (including phenoxy) is 1. The van der Waals surface area contributed by atoms with Crippen LogP contribution in [0.25, 0.3) is 0 Å². The summed E-state index contributed by atoms with van der Waals surface area (Å²) in [5.74, 6) is 1.44. The van der Waals surface area contributed by atoms with Gasteiger partial charge in [-0.2, -0.15) is 5.10 Å². The maximum absolute atomic E-state index is 6.41. The highest BCUT2D eigenvalue weighted by Gasteiger charge is 2.28. The average Bonchev–Trinajstić information content (AvgIpc) is 2.97. The first-order chi connectivity index (χ1) is 8.27. The molecular formula is C13H23N3O. The Hall–Kier alpha value is -1.03. The van der Waals surface area contributed by atoms with Crippen molar-refractivity contribution >= 4 is 0 Å². The molecule has 0 aromatic carbocycles. The van der Waals surface area contributed by atoms with Gasteiger partial charge in [-0.3, -0.25) is 4.68 Å². The van der Waals surface area contributed by atoms with Crippen molar-refractivity contribution in [1.29, 1.82) is 0 Å². The molecule has 0 amide bonds. The summed E-state index contributed by atoms with van der Waals surface area (Å²) < 4.78 is 7.41. The summed E-state index contributed by atoms with van der Waals surface area (Å²) >= 11 is 0. The maximum atomic E-state index is 6.41. The first-order valence-electron chi connectivity index (χ1n) is 6.63. The molecule has 0 aliphatic heterocycles. The fourth-order valence-electron chi connectivity index (χ4n) is 2.80. The highest BCUT2D eigenvalue weighted by molar-refractivity contribution is 5.28. The van der Waals surface area contributed by atoms with Gasteiger partial charge in [0.1, 0.15) is 0 Å². The van der Waals surface area contributed by atoms with Crippen LogP contribution in [0.3, 0.4) is 0 Å². The lowest BCUT2D eigenvalue weighted by Gasteiger charge is -2.21. The van der Waals surface area contributed by atoms with Crippen LogP contribution in [0.15, 0.2) is 6.20 Å². The Balaban J connectivity index is 2.23. The van der Waals surface area contributed by atoms with Gasteiger partial charge in [-0.15, -0.1) is 0 Å². The van der Waals surface area contributed by atoms with Crippen molar-refractivity contribution in [1.82, 2.24) is 9.78 Å². The molecule has 1 aromatic heterocycles. The lowest BCUT2D eigenvalue weighted by molar-refractivity contribution is 0.370. The Kier molecular flexibility index (Phi) is 4.05. The molecule has 1 fully saturated rings. The van der Waals surface area contributed by atoms with Gasteiger partial charge >= 0.3 is 0 Å². The van der Waals surface area contributed by atoms with Crippen molar-refractivity contribution in [3.05, 3.63) is 11.9 Å². The molecule has 0 spiro atoms. The summed E-state index contributed by atoms with van der Waals surface area (Å²) in [5, 5.41) is 4.38. The van der Waals surface area contributed by atoms with Crippen molar-refractivity contribution in [2.75, 3.05) is 7.11 Å². The fourth-order valence-corrected chi connectivity index (χ4v) is 2.80. The van der Waals surface area contributed by atoms with Gasteiger partial charge in [-0.1, -0.05) is 19.8 Å². The second-order valence-electron chi connectivity index (χ2n) is 4.89. The van der Waals surface area contributed by atoms with Crippen LogP contribution >= 0.6 is 0 Å². The van der Waals surface area contributed by atoms with Crippen LogP contribution in [-0.2, 0) is 6.54 Å². The number of aryl methyl sites for hydroxylation is 1. The van der Waals surface area contributed by atoms with Gasteiger partial charge in [-0.05, 0) is 25.2 Å². The van der Waals surface area contributed by atoms with E-state index < -0.39 is 0 Å². The first kappa shape index (κ1) is 12.4. The smallest absolute Gasteiger partial charge is 0.161 e. The SMILES string of the molecule is CCCn1ncc(OC)c1C(N)C1CCCC1. The molecule has 1 aliphatic rings. The number of hydrogen-bond donors (Lipinski definition) is 1. The van der Waals surface area contributed by atoms with E-state index in [9.17, 15) is 0 Å². The molecule has 2 N–H and O–H groups in total. The molecule has 1 aliphatic carbocycles. The predicted octanol–water partition coefficient (Wildman–Crippen LogP) is 2.49. The van der Waals surface area contributed by atoms with Crippen LogP contribution < -0.4 is 10.5 Å². The summed E-state index contributed by atoms with van der Waals surface area (Å²) in [6, 6.07) is 0.0708. The van der Waals surface area contributed by atoms with E-state index in [4.69, 9.17) is 10.5 Å². The summed E-state index contributed by atoms with van der Waals surface area (Å²) in [5.41, 5.74) is 7.50. The molecule has 0 bridgehead atoms. The number of methoxy groups -OCH3 is 1. The second kappa shape index (κ2) is 5.54. The average molecular weight is 237 g/mol. The van der Waals surface area contributed by atoms with Crippen molar-refractivity contribution in [2.24, 2.45) is 11.7 Å². The molecule has 0 saturated heterocycles. The van der Waals surface area contributed by atoms with E-state index in [2.05, 4.69) is 12.0 Å². The lowest BCUT2D eigenvalue weighted by Crippen LogP contribution is -2.23. The van der Waals surface area contributed by atoms with E-state index >= 15 is 0 Å². The Morgan fingerprint density at radius 2 is 2.24 bits per heavy atom. The molecule has 2 rings (SSSR count). The predicted molar refractivity (Wildman–Crippen MR) is 68.0 cm³/mol. The van der Waals surface area contributed by atoms with Crippen LogP contribution in [0.5, 0.6) is 5.75 Å². The zero-order valence-electron chi connectivity index (χ0n) is 10.9. The molecule has 1 saturated carbocycles. The van der Waals surface area contributed by atoms with Crippen molar-refractivity contribution in [3.63, 3.8) is 0 Å². The van der Waals surface area contributed by atoms with Crippen LogP contribution in [0.1, 0.15) is 50.8 Å². The van der Waals surface area contributed by atoms with Crippen molar-refractivity contribution in [3.8, 4) is 5.75 Å². The first-order valence-corrected chi connectivity index (χ1v) is 6.63. The third-order valence-corrected chi connectivity index (χ3v) is 3.72. The third-order valence-electron chi connectivity index (χ3n) is 3.72. The summed E-state index contributed by atoms with van der Waals surface area (Å²) in [4.78, 5) is 0. The quantitative estimate of drug-likeness (QED) is 0.856. The molecule has 1 atom stereocenters. The molecule has 96 valence electrons. The van der Waals surface area contributed by atoms with Crippen LogP contribution in [-0.4, -0.2) is 16.9 Å². The van der Waals surface area contributed by atoms with Gasteiger partial charge in [0, 0.05) is 6.54 Å². The van der Waals surface area contributed by atoms with Gasteiger partial charge in [-0.25, -0.2) is 0 Å². The monoisotopic (exact) mass is 237 g/mol. The Morgan fingerprint density at radius 1 is 1.53 bits per heavy atom. The molecule has 1 unspecified atom stereocenters. The van der Waals surface area contributed by atoms with E-state index in [1.807, 2.05) is 4.68 Å². The number of hydrogen-bond acceptors (Lipinski definition) is 3. The number of nitrogens with two attached hydrogens (primary N) is 1. The van der Waals surface area contributed by atoms with Gasteiger partial charge in [0.25, 0.3) is 0 Å². The van der Waals surface area contributed by atoms with E-state index in [0.29, 0.717) is 5.92 Å². The molecular weight excluding hydrogens is 214 g/mol. The van der Waals surface area contributed by atoms with Crippen molar-refractivity contribution in [2.45, 2.75) is 51.6 Å². The summed E-state index contributed by atoms with van der Waals surface area (Å²) in [6.07, 6.45) is 7.95. The molecule has 1 heterocycles. The Labute approximate surface area is 103 Å². The van der Waals surface area contributed by atoms with E-state index in [-0.39, 0.29) is 6.04 Å². The lowest BCUT2D eigenvalue weighted by atomic mass is 9.96. The topological polar surface area (TPSA) is 53.1 Å². The van der Waals surface area contributed by atoms with E-state index in [1.54, 1.807) is 13.3 Å². The highest BCUT2D eigenvalue weighted by Crippen LogP contribution is 2.37. The Morgan fingerprint density at radius 3 is 2.82 bits per heavy atom. The van der Waals surface area contributed by atoms with Crippen LogP contribution in [0.4, 0.5) is 0 Å². The zero-order chi connectivity index (χ0) is 12.3. The van der Waals surface area contributed by atoms with Crippen LogP contribution in [0, 0.1) is 5.92 Å². The number of nitrogens with zero attached hydrogens (tertiary/aromatic N) is 2. The molecule has 1 aromatic rings. The minimum Gasteiger partial charge on any atom is -0.493 e. The highest BCUT2D eigenvalue weighted by atomic mass is 16.5. The third kappa shape index (κ3) is 2.46. The molecule has 17 heavy (non-hydrogen) atoms.